The largest absolute Gasteiger partial charge is 0.497 e. The van der Waals surface area contributed by atoms with Gasteiger partial charge in [-0.25, -0.2) is 4.98 Å². The predicted octanol–water partition coefficient (Wildman–Crippen LogP) is 5.70. The maximum atomic E-state index is 12.8. The first kappa shape index (κ1) is 20.7. The van der Waals surface area contributed by atoms with Crippen molar-refractivity contribution in [1.82, 2.24) is 20.2 Å². The standard InChI is InChI=1S/C21H17N5O3S3/c1-11(31-21-26-25-20(32-21)22-12-5-3-6-13(9-12)28-2)17-23-18(27)16-14(10-30-19(16)24-17)15-7-4-8-29-15/h3-11H,1-2H3,(H,22,25)(H,23,24,27). The average Bonchev–Trinajstić information content (AvgIpc) is 3.54. The molecule has 11 heteroatoms. The number of H-pyrrole nitrogens is 1. The third kappa shape index (κ3) is 4.14. The summed E-state index contributed by atoms with van der Waals surface area (Å²) in [6.45, 7) is 1.98. The fourth-order valence-corrected chi connectivity index (χ4v) is 6.02. The molecular weight excluding hydrogens is 466 g/mol. The Morgan fingerprint density at radius 2 is 2.16 bits per heavy atom. The van der Waals surface area contributed by atoms with Crippen LogP contribution < -0.4 is 15.6 Å². The molecule has 0 aliphatic rings. The number of fused-ring (bicyclic) bond motifs is 1. The number of rotatable bonds is 7. The second kappa shape index (κ2) is 8.77. The van der Waals surface area contributed by atoms with Gasteiger partial charge in [-0.3, -0.25) is 4.79 Å². The van der Waals surface area contributed by atoms with E-state index in [2.05, 4.69) is 25.5 Å². The molecule has 0 spiro atoms. The van der Waals surface area contributed by atoms with E-state index in [9.17, 15) is 4.79 Å². The lowest BCUT2D eigenvalue weighted by Crippen LogP contribution is -2.12. The number of hydrogen-bond donors (Lipinski definition) is 2. The minimum Gasteiger partial charge on any atom is -0.497 e. The van der Waals surface area contributed by atoms with Crippen molar-refractivity contribution >= 4 is 55.5 Å². The van der Waals surface area contributed by atoms with E-state index in [1.54, 1.807) is 19.4 Å². The topological polar surface area (TPSA) is 106 Å². The summed E-state index contributed by atoms with van der Waals surface area (Å²) in [4.78, 5) is 21.1. The Balaban J connectivity index is 1.34. The van der Waals surface area contributed by atoms with Gasteiger partial charge >= 0.3 is 0 Å². The molecule has 0 aliphatic heterocycles. The van der Waals surface area contributed by atoms with Crippen LogP contribution in [0.4, 0.5) is 10.8 Å². The van der Waals surface area contributed by atoms with Crippen LogP contribution in [-0.2, 0) is 0 Å². The van der Waals surface area contributed by atoms with Gasteiger partial charge in [0, 0.05) is 22.7 Å². The van der Waals surface area contributed by atoms with E-state index in [1.807, 2.05) is 42.6 Å². The minimum atomic E-state index is -0.178. The first-order valence-electron chi connectivity index (χ1n) is 9.57. The van der Waals surface area contributed by atoms with E-state index in [-0.39, 0.29) is 10.8 Å². The normalized spacial score (nSPS) is 12.2. The molecule has 0 fully saturated rings. The Labute approximate surface area is 194 Å². The fraction of sp³-hybridized carbons (Fsp3) is 0.143. The number of hydrogen-bond acceptors (Lipinski definition) is 10. The summed E-state index contributed by atoms with van der Waals surface area (Å²) in [5.41, 5.74) is 1.45. The quantitative estimate of drug-likeness (QED) is 0.284. The van der Waals surface area contributed by atoms with Gasteiger partial charge in [-0.2, -0.15) is 0 Å². The van der Waals surface area contributed by atoms with Crippen molar-refractivity contribution in [3.63, 3.8) is 0 Å². The Hall–Kier alpha value is -3.15. The number of aromatic nitrogens is 4. The number of aromatic amines is 1. The molecule has 1 unspecified atom stereocenters. The highest BCUT2D eigenvalue weighted by atomic mass is 32.2. The first-order chi connectivity index (χ1) is 15.6. The molecule has 5 aromatic rings. The summed E-state index contributed by atoms with van der Waals surface area (Å²) in [7, 11) is 1.63. The van der Waals surface area contributed by atoms with Crippen molar-refractivity contribution in [2.24, 2.45) is 0 Å². The first-order valence-corrected chi connectivity index (χ1v) is 12.1. The molecule has 4 heterocycles. The molecule has 8 nitrogen and oxygen atoms in total. The van der Waals surface area contributed by atoms with Crippen LogP contribution in [0, 0.1) is 0 Å². The number of ether oxygens (including phenoxy) is 1. The molecular formula is C21H17N5O3S3. The summed E-state index contributed by atoms with van der Waals surface area (Å²) < 4.78 is 11.5. The van der Waals surface area contributed by atoms with Crippen molar-refractivity contribution in [1.29, 1.82) is 0 Å². The van der Waals surface area contributed by atoms with Gasteiger partial charge in [-0.1, -0.05) is 29.2 Å². The maximum Gasteiger partial charge on any atom is 0.260 e. The number of furan rings is 1. The minimum absolute atomic E-state index is 0.112. The summed E-state index contributed by atoms with van der Waals surface area (Å²) in [5, 5.41) is 14.7. The molecule has 5 rings (SSSR count). The molecule has 0 radical (unpaired) electrons. The van der Waals surface area contributed by atoms with Gasteiger partial charge in [-0.15, -0.1) is 21.5 Å². The van der Waals surface area contributed by atoms with Crippen molar-refractivity contribution in [3.8, 4) is 17.1 Å². The molecule has 4 aromatic heterocycles. The second-order valence-electron chi connectivity index (χ2n) is 6.75. The summed E-state index contributed by atoms with van der Waals surface area (Å²) in [6.07, 6.45) is 1.59. The summed E-state index contributed by atoms with van der Waals surface area (Å²) in [5.74, 6) is 2.01. The zero-order valence-electron chi connectivity index (χ0n) is 17.0. The zero-order valence-corrected chi connectivity index (χ0v) is 19.4. The molecule has 162 valence electrons. The number of thiophene rings is 1. The Kier molecular flexibility index (Phi) is 5.68. The summed E-state index contributed by atoms with van der Waals surface area (Å²) in [6, 6.07) is 11.2. The smallest absolute Gasteiger partial charge is 0.260 e. The Morgan fingerprint density at radius 1 is 1.25 bits per heavy atom. The molecule has 2 N–H and O–H groups in total. The number of thioether (sulfide) groups is 1. The van der Waals surface area contributed by atoms with Crippen LogP contribution in [0.15, 0.2) is 61.6 Å². The van der Waals surface area contributed by atoms with E-state index in [1.165, 1.54) is 34.4 Å². The Morgan fingerprint density at radius 3 is 2.97 bits per heavy atom. The van der Waals surface area contributed by atoms with Crippen LogP contribution in [0.25, 0.3) is 21.5 Å². The van der Waals surface area contributed by atoms with E-state index < -0.39 is 0 Å². The van der Waals surface area contributed by atoms with Gasteiger partial charge < -0.3 is 19.5 Å². The molecule has 1 aromatic carbocycles. The molecule has 0 bridgehead atoms. The molecule has 0 amide bonds. The van der Waals surface area contributed by atoms with E-state index >= 15 is 0 Å². The Bertz CT molecular complexity index is 1420. The van der Waals surface area contributed by atoms with E-state index in [0.717, 1.165) is 21.3 Å². The molecule has 32 heavy (non-hydrogen) atoms. The van der Waals surface area contributed by atoms with Crippen LogP contribution in [0.3, 0.4) is 0 Å². The highest BCUT2D eigenvalue weighted by Crippen LogP contribution is 2.38. The van der Waals surface area contributed by atoms with Crippen LogP contribution in [-0.4, -0.2) is 27.3 Å². The average molecular weight is 484 g/mol. The molecule has 0 saturated carbocycles. The monoisotopic (exact) mass is 483 g/mol. The zero-order chi connectivity index (χ0) is 22.1. The van der Waals surface area contributed by atoms with E-state index in [4.69, 9.17) is 9.15 Å². The number of nitrogens with zero attached hydrogens (tertiary/aromatic N) is 3. The highest BCUT2D eigenvalue weighted by molar-refractivity contribution is 8.01. The van der Waals surface area contributed by atoms with Crippen LogP contribution in [0.2, 0.25) is 0 Å². The number of anilines is 2. The van der Waals surface area contributed by atoms with Crippen molar-refractivity contribution in [2.45, 2.75) is 16.5 Å². The maximum absolute atomic E-state index is 12.8. The number of methoxy groups -OCH3 is 1. The van der Waals surface area contributed by atoms with Crippen molar-refractivity contribution in [2.75, 3.05) is 12.4 Å². The lowest BCUT2D eigenvalue weighted by molar-refractivity contribution is 0.415. The van der Waals surface area contributed by atoms with Gasteiger partial charge in [0.15, 0.2) is 4.34 Å². The predicted molar refractivity (Wildman–Crippen MR) is 128 cm³/mol. The van der Waals surface area contributed by atoms with Crippen molar-refractivity contribution in [3.05, 3.63) is 64.2 Å². The second-order valence-corrected chi connectivity index (χ2v) is 10.2. The molecule has 0 aliphatic carbocycles. The SMILES string of the molecule is COc1cccc(Nc2nnc(SC(C)c3nc4scc(-c5ccco5)c4c(=O)[nH]3)s2)c1. The van der Waals surface area contributed by atoms with Gasteiger partial charge in [0.1, 0.15) is 22.2 Å². The lowest BCUT2D eigenvalue weighted by atomic mass is 10.2. The molecule has 0 saturated heterocycles. The molecule has 1 atom stereocenters. The van der Waals surface area contributed by atoms with Crippen LogP contribution in [0.5, 0.6) is 5.75 Å². The van der Waals surface area contributed by atoms with Crippen LogP contribution >= 0.6 is 34.4 Å². The number of benzene rings is 1. The third-order valence-corrected chi connectivity index (χ3v) is 7.54. The lowest BCUT2D eigenvalue weighted by Gasteiger charge is -2.08. The van der Waals surface area contributed by atoms with Crippen molar-refractivity contribution < 1.29 is 9.15 Å². The van der Waals surface area contributed by atoms with Gasteiger partial charge in [0.25, 0.3) is 5.56 Å². The number of nitrogens with one attached hydrogen (secondary N) is 2. The summed E-state index contributed by atoms with van der Waals surface area (Å²) >= 11 is 4.35. The fourth-order valence-electron chi connectivity index (χ4n) is 3.11. The van der Waals surface area contributed by atoms with E-state index in [0.29, 0.717) is 26.9 Å². The third-order valence-electron chi connectivity index (χ3n) is 4.64. The highest BCUT2D eigenvalue weighted by Gasteiger charge is 2.19. The van der Waals surface area contributed by atoms with Gasteiger partial charge in [-0.05, 0) is 31.2 Å². The van der Waals surface area contributed by atoms with Gasteiger partial charge in [0.05, 0.1) is 24.0 Å². The van der Waals surface area contributed by atoms with Crippen LogP contribution in [0.1, 0.15) is 18.0 Å². The van der Waals surface area contributed by atoms with Gasteiger partial charge in [0.2, 0.25) is 5.13 Å².